The van der Waals surface area contributed by atoms with Crippen LogP contribution in [0.15, 0.2) is 34.5 Å². The molecule has 108 valence electrons. The lowest BCUT2D eigenvalue weighted by molar-refractivity contribution is 0.581. The van der Waals surface area contributed by atoms with E-state index in [0.29, 0.717) is 0 Å². The maximum absolute atomic E-state index is 13.1. The molecule has 0 unspecified atom stereocenters. The zero-order chi connectivity index (χ0) is 14.8. The number of nitrogens with two attached hydrogens (primary N) is 1. The van der Waals surface area contributed by atoms with Crippen LogP contribution in [0.3, 0.4) is 0 Å². The fourth-order valence-electron chi connectivity index (χ4n) is 1.77. The topological polar surface area (TPSA) is 72.2 Å². The van der Waals surface area contributed by atoms with Gasteiger partial charge in [0.15, 0.2) is 0 Å². The van der Waals surface area contributed by atoms with Crippen molar-refractivity contribution < 1.29 is 12.8 Å². The third kappa shape index (κ3) is 3.17. The fraction of sp³-hybridized carbons (Fsp3) is 0.231. The van der Waals surface area contributed by atoms with E-state index in [1.165, 1.54) is 17.4 Å². The van der Waals surface area contributed by atoms with Crippen molar-refractivity contribution >= 4 is 27.0 Å². The first-order valence-electron chi connectivity index (χ1n) is 6.04. The zero-order valence-corrected chi connectivity index (χ0v) is 12.5. The molecule has 2 rings (SSSR count). The molecule has 2 aromatic rings. The third-order valence-corrected chi connectivity index (χ3v) is 5.28. The number of thiophene rings is 1. The van der Waals surface area contributed by atoms with Gasteiger partial charge >= 0.3 is 0 Å². The summed E-state index contributed by atoms with van der Waals surface area (Å²) in [5.74, 6) is -0.629. The van der Waals surface area contributed by atoms with Crippen molar-refractivity contribution in [2.75, 3.05) is 5.73 Å². The van der Waals surface area contributed by atoms with Crippen molar-refractivity contribution in [1.82, 2.24) is 4.72 Å². The van der Waals surface area contributed by atoms with Crippen LogP contribution >= 0.6 is 11.3 Å². The Morgan fingerprint density at radius 1 is 1.35 bits per heavy atom. The molecule has 7 heteroatoms. The molecule has 0 atom stereocenters. The van der Waals surface area contributed by atoms with Crippen LogP contribution in [-0.4, -0.2) is 8.42 Å². The summed E-state index contributed by atoms with van der Waals surface area (Å²) in [6, 6.07) is 5.34. The van der Waals surface area contributed by atoms with Crippen LogP contribution in [0.2, 0.25) is 0 Å². The molecular weight excluding hydrogens is 299 g/mol. The molecule has 0 amide bonds. The number of rotatable bonds is 5. The Balaban J connectivity index is 2.17. The Labute approximate surface area is 121 Å². The normalized spacial score (nSPS) is 11.7. The van der Waals surface area contributed by atoms with E-state index in [1.807, 2.05) is 18.4 Å². The summed E-state index contributed by atoms with van der Waals surface area (Å²) in [6.45, 7) is 2.24. The smallest absolute Gasteiger partial charge is 0.240 e. The number of hydrogen-bond donors (Lipinski definition) is 2. The second-order valence-electron chi connectivity index (χ2n) is 4.23. The molecule has 1 aromatic carbocycles. The predicted molar refractivity (Wildman–Crippen MR) is 78.5 cm³/mol. The Bertz CT molecular complexity index is 711. The second-order valence-corrected chi connectivity index (χ2v) is 7.00. The van der Waals surface area contributed by atoms with Crippen molar-refractivity contribution in [3.05, 3.63) is 45.9 Å². The van der Waals surface area contributed by atoms with Gasteiger partial charge in [-0.3, -0.25) is 0 Å². The average molecular weight is 314 g/mol. The van der Waals surface area contributed by atoms with Gasteiger partial charge in [0.2, 0.25) is 10.0 Å². The quantitative estimate of drug-likeness (QED) is 0.833. The van der Waals surface area contributed by atoms with E-state index >= 15 is 0 Å². The molecule has 20 heavy (non-hydrogen) atoms. The number of sulfonamides is 1. The summed E-state index contributed by atoms with van der Waals surface area (Å²) in [5.41, 5.74) is 6.33. The number of aryl methyl sites for hydroxylation is 1. The highest BCUT2D eigenvalue weighted by atomic mass is 32.2. The van der Waals surface area contributed by atoms with E-state index in [4.69, 9.17) is 5.73 Å². The molecule has 0 saturated carbocycles. The van der Waals surface area contributed by atoms with Crippen LogP contribution in [0.5, 0.6) is 0 Å². The van der Waals surface area contributed by atoms with Crippen LogP contribution in [0.4, 0.5) is 10.1 Å². The minimum Gasteiger partial charge on any atom is -0.396 e. The highest BCUT2D eigenvalue weighted by Gasteiger charge is 2.16. The molecule has 0 bridgehead atoms. The van der Waals surface area contributed by atoms with Crippen molar-refractivity contribution in [3.63, 3.8) is 0 Å². The molecule has 0 fully saturated rings. The van der Waals surface area contributed by atoms with Crippen molar-refractivity contribution in [3.8, 4) is 0 Å². The lowest BCUT2D eigenvalue weighted by Gasteiger charge is -2.08. The standard InChI is InChI=1S/C13H15FN2O2S2/c1-2-9-5-6-19-13(9)8-16-20(17,18)10-3-4-11(14)12(15)7-10/h3-7,16H,2,8,15H2,1H3. The van der Waals surface area contributed by atoms with Gasteiger partial charge in [0.1, 0.15) is 5.82 Å². The lowest BCUT2D eigenvalue weighted by Crippen LogP contribution is -2.23. The summed E-state index contributed by atoms with van der Waals surface area (Å²) >= 11 is 1.50. The van der Waals surface area contributed by atoms with E-state index in [1.54, 1.807) is 0 Å². The average Bonchev–Trinajstić information content (AvgIpc) is 2.87. The van der Waals surface area contributed by atoms with E-state index < -0.39 is 15.8 Å². The van der Waals surface area contributed by atoms with E-state index in [2.05, 4.69) is 4.72 Å². The Morgan fingerprint density at radius 3 is 2.75 bits per heavy atom. The first-order valence-corrected chi connectivity index (χ1v) is 8.40. The van der Waals surface area contributed by atoms with Crippen LogP contribution in [0.25, 0.3) is 0 Å². The highest BCUT2D eigenvalue weighted by molar-refractivity contribution is 7.89. The van der Waals surface area contributed by atoms with Gasteiger partial charge in [0.05, 0.1) is 10.6 Å². The van der Waals surface area contributed by atoms with Crippen molar-refractivity contribution in [2.45, 2.75) is 24.8 Å². The van der Waals surface area contributed by atoms with Crippen LogP contribution in [-0.2, 0) is 23.0 Å². The first-order chi connectivity index (χ1) is 9.44. The maximum atomic E-state index is 13.1. The molecule has 4 nitrogen and oxygen atoms in total. The SMILES string of the molecule is CCc1ccsc1CNS(=O)(=O)c1ccc(F)c(N)c1. The Hall–Kier alpha value is -1.44. The maximum Gasteiger partial charge on any atom is 0.240 e. The zero-order valence-electron chi connectivity index (χ0n) is 10.9. The summed E-state index contributed by atoms with van der Waals surface area (Å²) in [5, 5.41) is 1.93. The van der Waals surface area contributed by atoms with Crippen LogP contribution in [0.1, 0.15) is 17.4 Å². The summed E-state index contributed by atoms with van der Waals surface area (Å²) in [7, 11) is -3.69. The minimum atomic E-state index is -3.69. The number of nitrogens with one attached hydrogen (secondary N) is 1. The van der Waals surface area contributed by atoms with Gasteiger partial charge in [-0.1, -0.05) is 6.92 Å². The summed E-state index contributed by atoms with van der Waals surface area (Å²) < 4.78 is 39.8. The highest BCUT2D eigenvalue weighted by Crippen LogP contribution is 2.20. The molecule has 0 saturated heterocycles. The lowest BCUT2D eigenvalue weighted by atomic mass is 10.2. The molecule has 0 aliphatic heterocycles. The van der Waals surface area contributed by atoms with Crippen molar-refractivity contribution in [1.29, 1.82) is 0 Å². The van der Waals surface area contributed by atoms with Gasteiger partial charge in [-0.05, 0) is 41.6 Å². The number of nitrogen functional groups attached to an aromatic ring is 1. The van der Waals surface area contributed by atoms with Crippen LogP contribution in [0, 0.1) is 5.82 Å². The molecule has 1 heterocycles. The minimum absolute atomic E-state index is 0.0361. The Morgan fingerprint density at radius 2 is 2.10 bits per heavy atom. The first kappa shape index (κ1) is 15.0. The number of halogens is 1. The Kier molecular flexibility index (Phi) is 4.42. The summed E-state index contributed by atoms with van der Waals surface area (Å²) in [6.07, 6.45) is 0.851. The van der Waals surface area contributed by atoms with Gasteiger partial charge in [-0.2, -0.15) is 0 Å². The molecule has 3 N–H and O–H groups in total. The molecule has 0 radical (unpaired) electrons. The van der Waals surface area contributed by atoms with Crippen molar-refractivity contribution in [2.24, 2.45) is 0 Å². The van der Waals surface area contributed by atoms with E-state index in [-0.39, 0.29) is 17.1 Å². The number of hydrogen-bond acceptors (Lipinski definition) is 4. The monoisotopic (exact) mass is 314 g/mol. The molecule has 0 spiro atoms. The predicted octanol–water partition coefficient (Wildman–Crippen LogP) is 2.51. The van der Waals surface area contributed by atoms with Crippen LogP contribution < -0.4 is 10.5 Å². The second kappa shape index (κ2) is 5.90. The number of benzene rings is 1. The molecule has 1 aromatic heterocycles. The molecule has 0 aliphatic carbocycles. The van der Waals surface area contributed by atoms with E-state index in [0.717, 1.165) is 29.0 Å². The van der Waals surface area contributed by atoms with Gasteiger partial charge in [-0.15, -0.1) is 11.3 Å². The number of anilines is 1. The summed E-state index contributed by atoms with van der Waals surface area (Å²) in [4.78, 5) is 0.942. The molecular formula is C13H15FN2O2S2. The third-order valence-electron chi connectivity index (χ3n) is 2.92. The fourth-order valence-corrected chi connectivity index (χ4v) is 3.81. The van der Waals surface area contributed by atoms with Gasteiger partial charge in [0.25, 0.3) is 0 Å². The van der Waals surface area contributed by atoms with E-state index in [9.17, 15) is 12.8 Å². The van der Waals surface area contributed by atoms with Gasteiger partial charge in [-0.25, -0.2) is 17.5 Å². The van der Waals surface area contributed by atoms with Gasteiger partial charge in [0, 0.05) is 11.4 Å². The van der Waals surface area contributed by atoms with Gasteiger partial charge < -0.3 is 5.73 Å². The molecule has 0 aliphatic rings. The largest absolute Gasteiger partial charge is 0.396 e.